The number of halogens is 3. The number of benzene rings is 1. The molecule has 0 heterocycles. The molecule has 112 valence electrons. The van der Waals surface area contributed by atoms with E-state index in [0.717, 1.165) is 7.05 Å². The smallest absolute Gasteiger partial charge is 0.389 e. The zero-order chi connectivity index (χ0) is 15.6. The number of nitrogens with zero attached hydrogens (tertiary/aromatic N) is 1. The van der Waals surface area contributed by atoms with Crippen molar-refractivity contribution in [3.63, 3.8) is 0 Å². The molecule has 0 amide bonds. The van der Waals surface area contributed by atoms with Gasteiger partial charge in [-0.05, 0) is 24.3 Å². The van der Waals surface area contributed by atoms with Gasteiger partial charge >= 0.3 is 16.4 Å². The van der Waals surface area contributed by atoms with Crippen molar-refractivity contribution >= 4 is 33.1 Å². The second-order valence-corrected chi connectivity index (χ2v) is 6.05. The van der Waals surface area contributed by atoms with Crippen LogP contribution in [0.15, 0.2) is 24.3 Å². The molecular formula is C10H12F3N3O2S2. The van der Waals surface area contributed by atoms with Crippen molar-refractivity contribution in [2.45, 2.75) is 6.18 Å². The first-order chi connectivity index (χ1) is 9.03. The van der Waals surface area contributed by atoms with E-state index in [9.17, 15) is 21.6 Å². The first-order valence-electron chi connectivity index (χ1n) is 5.23. The van der Waals surface area contributed by atoms with E-state index in [1.54, 1.807) is 0 Å². The summed E-state index contributed by atoms with van der Waals surface area (Å²) in [6.07, 6.45) is -4.62. The van der Waals surface area contributed by atoms with Crippen molar-refractivity contribution in [3.05, 3.63) is 29.8 Å². The van der Waals surface area contributed by atoms with Gasteiger partial charge in [0.1, 0.15) is 11.5 Å². The van der Waals surface area contributed by atoms with Crippen LogP contribution in [0.4, 0.5) is 18.9 Å². The number of hydrogen-bond acceptors (Lipinski definition) is 3. The van der Waals surface area contributed by atoms with Gasteiger partial charge in [0.25, 0.3) is 0 Å². The van der Waals surface area contributed by atoms with E-state index in [1.165, 1.54) is 29.0 Å². The van der Waals surface area contributed by atoms with Crippen LogP contribution in [-0.2, 0) is 10.2 Å². The van der Waals surface area contributed by atoms with Crippen molar-refractivity contribution in [2.24, 2.45) is 5.73 Å². The zero-order valence-electron chi connectivity index (χ0n) is 10.3. The highest BCUT2D eigenvalue weighted by Crippen LogP contribution is 2.18. The van der Waals surface area contributed by atoms with Crippen LogP contribution in [0.25, 0.3) is 0 Å². The molecule has 0 saturated carbocycles. The van der Waals surface area contributed by atoms with Gasteiger partial charge in [-0.3, -0.25) is 4.31 Å². The van der Waals surface area contributed by atoms with E-state index in [0.29, 0.717) is 9.87 Å². The molecule has 20 heavy (non-hydrogen) atoms. The first kappa shape index (κ1) is 16.7. The molecule has 0 aliphatic rings. The molecular weight excluding hydrogens is 315 g/mol. The Morgan fingerprint density at radius 3 is 2.25 bits per heavy atom. The van der Waals surface area contributed by atoms with E-state index in [-0.39, 0.29) is 10.7 Å². The minimum Gasteiger partial charge on any atom is -0.389 e. The van der Waals surface area contributed by atoms with Crippen LogP contribution in [0.2, 0.25) is 0 Å². The summed E-state index contributed by atoms with van der Waals surface area (Å²) in [5.41, 5.74) is 6.09. The molecule has 5 nitrogen and oxygen atoms in total. The van der Waals surface area contributed by atoms with Crippen molar-refractivity contribution in [3.8, 4) is 0 Å². The van der Waals surface area contributed by atoms with Gasteiger partial charge in [-0.1, -0.05) is 12.2 Å². The second kappa shape index (κ2) is 5.94. The maximum atomic E-state index is 12.0. The SMILES string of the molecule is CN(c1ccc(C(N)=S)cc1)S(=O)(=O)NCC(F)(F)F. The molecule has 1 aromatic carbocycles. The minimum absolute atomic E-state index is 0.136. The molecule has 1 aromatic rings. The second-order valence-electron chi connectivity index (χ2n) is 3.82. The lowest BCUT2D eigenvalue weighted by Gasteiger charge is -2.20. The van der Waals surface area contributed by atoms with Gasteiger partial charge in [0.05, 0.1) is 5.69 Å². The largest absolute Gasteiger partial charge is 0.402 e. The van der Waals surface area contributed by atoms with E-state index < -0.39 is 22.9 Å². The number of rotatable bonds is 5. The van der Waals surface area contributed by atoms with Gasteiger partial charge in [0, 0.05) is 12.6 Å². The van der Waals surface area contributed by atoms with Gasteiger partial charge < -0.3 is 5.73 Å². The number of anilines is 1. The number of nitrogens with one attached hydrogen (secondary N) is 1. The van der Waals surface area contributed by atoms with E-state index >= 15 is 0 Å². The predicted molar refractivity (Wildman–Crippen MR) is 73.7 cm³/mol. The average Bonchev–Trinajstić information content (AvgIpc) is 2.35. The Morgan fingerprint density at radius 2 is 1.85 bits per heavy atom. The molecule has 0 radical (unpaired) electrons. The van der Waals surface area contributed by atoms with Crippen molar-refractivity contribution in [1.82, 2.24) is 4.72 Å². The third kappa shape index (κ3) is 4.62. The third-order valence-electron chi connectivity index (χ3n) is 2.33. The minimum atomic E-state index is -4.62. The molecule has 0 aliphatic carbocycles. The molecule has 0 atom stereocenters. The Morgan fingerprint density at radius 1 is 1.35 bits per heavy atom. The van der Waals surface area contributed by atoms with Gasteiger partial charge in [0.2, 0.25) is 0 Å². The van der Waals surface area contributed by atoms with Gasteiger partial charge in [-0.25, -0.2) is 0 Å². The maximum Gasteiger partial charge on any atom is 0.402 e. The van der Waals surface area contributed by atoms with Crippen LogP contribution in [0.1, 0.15) is 5.56 Å². The number of nitrogens with two attached hydrogens (primary N) is 1. The van der Waals surface area contributed by atoms with Crippen LogP contribution in [0, 0.1) is 0 Å². The molecule has 0 bridgehead atoms. The molecule has 1 rings (SSSR count). The lowest BCUT2D eigenvalue weighted by atomic mass is 10.2. The molecule has 0 aliphatic heterocycles. The lowest BCUT2D eigenvalue weighted by Crippen LogP contribution is -2.42. The van der Waals surface area contributed by atoms with Crippen LogP contribution < -0.4 is 14.8 Å². The highest BCUT2D eigenvalue weighted by Gasteiger charge is 2.31. The predicted octanol–water partition coefficient (Wildman–Crippen LogP) is 1.15. The number of thiocarbonyl (C=S) groups is 1. The molecule has 0 aromatic heterocycles. The van der Waals surface area contributed by atoms with Gasteiger partial charge in [-0.15, -0.1) is 0 Å². The van der Waals surface area contributed by atoms with E-state index in [2.05, 4.69) is 0 Å². The van der Waals surface area contributed by atoms with Crippen LogP contribution >= 0.6 is 12.2 Å². The summed E-state index contributed by atoms with van der Waals surface area (Å²) in [6.45, 7) is -1.63. The highest BCUT2D eigenvalue weighted by molar-refractivity contribution is 7.90. The Balaban J connectivity index is 2.88. The molecule has 3 N–H and O–H groups in total. The molecule has 0 fully saturated rings. The fraction of sp³-hybridized carbons (Fsp3) is 0.300. The monoisotopic (exact) mass is 327 g/mol. The summed E-state index contributed by atoms with van der Waals surface area (Å²) in [6, 6.07) is 5.74. The van der Waals surface area contributed by atoms with Crippen LogP contribution in [-0.4, -0.2) is 33.2 Å². The summed E-state index contributed by atoms with van der Waals surface area (Å²) in [5, 5.41) is 0. The van der Waals surface area contributed by atoms with Crippen molar-refractivity contribution in [2.75, 3.05) is 17.9 Å². The fourth-order valence-corrected chi connectivity index (χ4v) is 2.32. The van der Waals surface area contributed by atoms with E-state index in [1.807, 2.05) is 0 Å². The summed E-state index contributed by atoms with van der Waals surface area (Å²) < 4.78 is 61.5. The number of alkyl halides is 3. The molecule has 0 saturated heterocycles. The fourth-order valence-electron chi connectivity index (χ4n) is 1.24. The third-order valence-corrected chi connectivity index (χ3v) is 4.01. The Bertz CT molecular complexity index is 585. The Hall–Kier alpha value is -1.39. The van der Waals surface area contributed by atoms with Gasteiger partial charge in [0.15, 0.2) is 0 Å². The van der Waals surface area contributed by atoms with Crippen molar-refractivity contribution in [1.29, 1.82) is 0 Å². The number of hydrogen-bond donors (Lipinski definition) is 2. The average molecular weight is 327 g/mol. The quantitative estimate of drug-likeness (QED) is 0.796. The molecule has 0 unspecified atom stereocenters. The normalized spacial score (nSPS) is 12.2. The summed E-state index contributed by atoms with van der Waals surface area (Å²) in [7, 11) is -3.15. The van der Waals surface area contributed by atoms with Crippen molar-refractivity contribution < 1.29 is 21.6 Å². The summed E-state index contributed by atoms with van der Waals surface area (Å²) in [4.78, 5) is 0.136. The van der Waals surface area contributed by atoms with Crippen LogP contribution in [0.5, 0.6) is 0 Å². The Kier molecular flexibility index (Phi) is 4.95. The molecule has 10 heteroatoms. The Labute approximate surface area is 119 Å². The van der Waals surface area contributed by atoms with Gasteiger partial charge in [-0.2, -0.15) is 26.3 Å². The topological polar surface area (TPSA) is 75.4 Å². The summed E-state index contributed by atoms with van der Waals surface area (Å²) in [5.74, 6) is 0. The van der Waals surface area contributed by atoms with Crippen LogP contribution in [0.3, 0.4) is 0 Å². The first-order valence-corrected chi connectivity index (χ1v) is 7.08. The standard InChI is InChI=1S/C10H12F3N3O2S2/c1-16(20(17,18)15-6-10(11,12)13)8-4-2-7(3-5-8)9(14)19/h2-5,15H,6H2,1H3,(H2,14,19). The maximum absolute atomic E-state index is 12.0. The molecule has 0 spiro atoms. The zero-order valence-corrected chi connectivity index (χ0v) is 11.9. The highest BCUT2D eigenvalue weighted by atomic mass is 32.2. The van der Waals surface area contributed by atoms with E-state index in [4.69, 9.17) is 18.0 Å². The summed E-state index contributed by atoms with van der Waals surface area (Å²) >= 11 is 4.74. The lowest BCUT2D eigenvalue weighted by molar-refractivity contribution is -0.121.